The van der Waals surface area contributed by atoms with Gasteiger partial charge in [-0.15, -0.1) is 0 Å². The minimum atomic E-state index is -0.536. The maximum absolute atomic E-state index is 12.0. The molecule has 180 valence electrons. The number of carbonyl (C=O) groups excluding carboxylic acids is 1. The van der Waals surface area contributed by atoms with Crippen LogP contribution in [-0.4, -0.2) is 40.0 Å². The van der Waals surface area contributed by atoms with E-state index in [1.54, 1.807) is 24.5 Å². The fourth-order valence-electron chi connectivity index (χ4n) is 4.16. The molecule has 0 bridgehead atoms. The number of carbonyl (C=O) groups is 1. The lowest BCUT2D eigenvalue weighted by atomic mass is 10.0. The summed E-state index contributed by atoms with van der Waals surface area (Å²) in [4.78, 5) is 27.1. The van der Waals surface area contributed by atoms with Crippen LogP contribution in [0.3, 0.4) is 0 Å². The number of nitrogens with zero attached hydrogens (tertiary/aromatic N) is 5. The Labute approximate surface area is 207 Å². The van der Waals surface area contributed by atoms with Crippen molar-refractivity contribution in [1.82, 2.24) is 15.0 Å². The number of piperidine rings is 1. The smallest absolute Gasteiger partial charge is 0.252 e. The maximum atomic E-state index is 12.0. The molecule has 4 aromatic rings. The van der Waals surface area contributed by atoms with Gasteiger partial charge in [0.2, 0.25) is 5.89 Å². The highest BCUT2D eigenvalue weighted by Crippen LogP contribution is 2.26. The number of primary amides is 1. The zero-order chi connectivity index (χ0) is 24.9. The maximum Gasteiger partial charge on any atom is 0.252 e. The van der Waals surface area contributed by atoms with Gasteiger partial charge in [-0.3, -0.25) is 4.79 Å². The van der Waals surface area contributed by atoms with E-state index in [-0.39, 0.29) is 6.04 Å². The molecular formula is C26H24N8O2. The number of nitrogens with one attached hydrogen (secondary N) is 2. The molecule has 3 aromatic heterocycles. The van der Waals surface area contributed by atoms with Gasteiger partial charge < -0.3 is 25.7 Å². The standard InChI is InChI=1S/C26H24N8O2/c27-14-17-1-6-24(31-15-17)34-10-7-20(8-11-34)32-22-13-23(30-16-21(22)25(28)35)33-19-4-2-18(3-5-19)26-29-9-12-36-26/h1-6,9,12-13,15-16,20H,7-8,10-11H2,(H2,28,35)(H2,30,32,33). The molecule has 0 unspecified atom stereocenters. The first-order valence-electron chi connectivity index (χ1n) is 11.5. The van der Waals surface area contributed by atoms with E-state index in [4.69, 9.17) is 15.4 Å². The van der Waals surface area contributed by atoms with Crippen molar-refractivity contribution in [2.45, 2.75) is 18.9 Å². The Hall–Kier alpha value is -4.91. The number of oxazole rings is 1. The van der Waals surface area contributed by atoms with Crippen LogP contribution in [0, 0.1) is 11.3 Å². The molecule has 10 heteroatoms. The third-order valence-corrected chi connectivity index (χ3v) is 6.06. The molecule has 1 aliphatic heterocycles. The van der Waals surface area contributed by atoms with Crippen LogP contribution in [0.4, 0.5) is 23.0 Å². The molecule has 1 amide bonds. The van der Waals surface area contributed by atoms with Crippen molar-refractivity contribution in [2.75, 3.05) is 28.6 Å². The summed E-state index contributed by atoms with van der Waals surface area (Å²) in [6.07, 6.45) is 7.93. The second-order valence-electron chi connectivity index (χ2n) is 8.44. The number of hydrogen-bond donors (Lipinski definition) is 3. The van der Waals surface area contributed by atoms with E-state index in [9.17, 15) is 4.79 Å². The largest absolute Gasteiger partial charge is 0.445 e. The van der Waals surface area contributed by atoms with Gasteiger partial charge in [-0.05, 0) is 49.2 Å². The van der Waals surface area contributed by atoms with Gasteiger partial charge in [-0.1, -0.05) is 0 Å². The number of hydrogen-bond acceptors (Lipinski definition) is 9. The Balaban J connectivity index is 1.25. The van der Waals surface area contributed by atoms with E-state index in [0.29, 0.717) is 28.5 Å². The number of nitriles is 1. The molecule has 4 heterocycles. The minimum Gasteiger partial charge on any atom is -0.445 e. The van der Waals surface area contributed by atoms with Crippen molar-refractivity contribution in [3.05, 3.63) is 78.4 Å². The van der Waals surface area contributed by atoms with Crippen molar-refractivity contribution >= 4 is 28.9 Å². The zero-order valence-corrected chi connectivity index (χ0v) is 19.4. The third-order valence-electron chi connectivity index (χ3n) is 6.06. The molecule has 1 saturated heterocycles. The summed E-state index contributed by atoms with van der Waals surface area (Å²) in [5.74, 6) is 1.46. The van der Waals surface area contributed by atoms with Crippen LogP contribution in [0.5, 0.6) is 0 Å². The number of rotatable bonds is 7. The second-order valence-corrected chi connectivity index (χ2v) is 8.44. The summed E-state index contributed by atoms with van der Waals surface area (Å²) in [6.45, 7) is 1.60. The van der Waals surface area contributed by atoms with Gasteiger partial charge in [0.05, 0.1) is 23.0 Å². The highest BCUT2D eigenvalue weighted by atomic mass is 16.3. The molecule has 0 aliphatic carbocycles. The lowest BCUT2D eigenvalue weighted by Crippen LogP contribution is -2.39. The lowest BCUT2D eigenvalue weighted by Gasteiger charge is -2.34. The molecule has 1 aromatic carbocycles. The van der Waals surface area contributed by atoms with Gasteiger partial charge in [0.1, 0.15) is 24.0 Å². The predicted molar refractivity (Wildman–Crippen MR) is 136 cm³/mol. The van der Waals surface area contributed by atoms with Crippen molar-refractivity contribution < 1.29 is 9.21 Å². The van der Waals surface area contributed by atoms with Gasteiger partial charge in [-0.25, -0.2) is 15.0 Å². The van der Waals surface area contributed by atoms with Crippen LogP contribution in [0.25, 0.3) is 11.5 Å². The molecule has 5 rings (SSSR count). The average molecular weight is 481 g/mol. The van der Waals surface area contributed by atoms with Crippen LogP contribution in [0.15, 0.2) is 71.7 Å². The van der Waals surface area contributed by atoms with Gasteiger partial charge in [-0.2, -0.15) is 5.26 Å². The predicted octanol–water partition coefficient (Wildman–Crippen LogP) is 3.93. The SMILES string of the molecule is N#Cc1ccc(N2CCC(Nc3cc(Nc4ccc(-c5ncco5)cc4)ncc3C(N)=O)CC2)nc1. The molecule has 10 nitrogen and oxygen atoms in total. The molecule has 0 radical (unpaired) electrons. The fraction of sp³-hybridized carbons (Fsp3) is 0.192. The highest BCUT2D eigenvalue weighted by Gasteiger charge is 2.22. The Morgan fingerprint density at radius 1 is 1.08 bits per heavy atom. The Morgan fingerprint density at radius 2 is 1.89 bits per heavy atom. The molecule has 0 atom stereocenters. The molecule has 1 fully saturated rings. The quantitative estimate of drug-likeness (QED) is 0.358. The summed E-state index contributed by atoms with van der Waals surface area (Å²) in [6, 6.07) is 15.3. The second kappa shape index (κ2) is 10.1. The summed E-state index contributed by atoms with van der Waals surface area (Å²) >= 11 is 0. The molecular weight excluding hydrogens is 456 g/mol. The minimum absolute atomic E-state index is 0.160. The van der Waals surface area contributed by atoms with E-state index in [2.05, 4.69) is 36.6 Å². The van der Waals surface area contributed by atoms with Crippen LogP contribution in [0.1, 0.15) is 28.8 Å². The first-order chi connectivity index (χ1) is 17.6. The highest BCUT2D eigenvalue weighted by molar-refractivity contribution is 5.98. The number of amides is 1. The summed E-state index contributed by atoms with van der Waals surface area (Å²) in [5.41, 5.74) is 8.85. The average Bonchev–Trinajstić information content (AvgIpc) is 3.45. The molecule has 0 saturated carbocycles. The van der Waals surface area contributed by atoms with Gasteiger partial charge in [0, 0.05) is 48.8 Å². The number of benzene rings is 1. The van der Waals surface area contributed by atoms with Gasteiger partial charge >= 0.3 is 0 Å². The normalized spacial score (nSPS) is 13.7. The zero-order valence-electron chi connectivity index (χ0n) is 19.4. The molecule has 36 heavy (non-hydrogen) atoms. The van der Waals surface area contributed by atoms with Crippen molar-refractivity contribution in [2.24, 2.45) is 5.73 Å². The van der Waals surface area contributed by atoms with Crippen LogP contribution < -0.4 is 21.3 Å². The summed E-state index contributed by atoms with van der Waals surface area (Å²) in [7, 11) is 0. The number of pyridine rings is 2. The Bertz CT molecular complexity index is 1370. The molecule has 1 aliphatic rings. The number of anilines is 4. The lowest BCUT2D eigenvalue weighted by molar-refractivity contribution is 0.100. The van der Waals surface area contributed by atoms with Crippen LogP contribution in [-0.2, 0) is 0 Å². The number of nitrogens with two attached hydrogens (primary N) is 1. The van der Waals surface area contributed by atoms with Gasteiger partial charge in [0.15, 0.2) is 0 Å². The van der Waals surface area contributed by atoms with Crippen LogP contribution in [0.2, 0.25) is 0 Å². The number of aromatic nitrogens is 3. The van der Waals surface area contributed by atoms with Gasteiger partial charge in [0.25, 0.3) is 5.91 Å². The van der Waals surface area contributed by atoms with E-state index in [1.807, 2.05) is 30.3 Å². The first kappa shape index (κ1) is 22.9. The third kappa shape index (κ3) is 5.10. The summed E-state index contributed by atoms with van der Waals surface area (Å²) < 4.78 is 5.33. The summed E-state index contributed by atoms with van der Waals surface area (Å²) in [5, 5.41) is 15.7. The van der Waals surface area contributed by atoms with Crippen molar-refractivity contribution in [3.8, 4) is 17.5 Å². The van der Waals surface area contributed by atoms with E-state index < -0.39 is 5.91 Å². The van der Waals surface area contributed by atoms with E-state index >= 15 is 0 Å². The fourth-order valence-corrected chi connectivity index (χ4v) is 4.16. The molecule has 4 N–H and O–H groups in total. The Morgan fingerprint density at radius 3 is 2.53 bits per heavy atom. The van der Waals surface area contributed by atoms with Crippen molar-refractivity contribution in [3.63, 3.8) is 0 Å². The molecule has 0 spiro atoms. The van der Waals surface area contributed by atoms with E-state index in [0.717, 1.165) is 43.0 Å². The first-order valence-corrected chi connectivity index (χ1v) is 11.5. The van der Waals surface area contributed by atoms with Crippen LogP contribution >= 0.6 is 0 Å². The topological polar surface area (TPSA) is 146 Å². The monoisotopic (exact) mass is 480 g/mol. The van der Waals surface area contributed by atoms with E-state index in [1.165, 1.54) is 12.5 Å². The Kier molecular flexibility index (Phi) is 6.44. The van der Waals surface area contributed by atoms with Crippen molar-refractivity contribution in [1.29, 1.82) is 5.26 Å².